The molecule has 66 valence electrons. The molecule has 0 aliphatic heterocycles. The maximum Gasteiger partial charge on any atom is 0.101 e. The van der Waals surface area contributed by atoms with Crippen molar-refractivity contribution in [3.05, 3.63) is 16.1 Å². The monoisotopic (exact) mass is 183 g/mol. The van der Waals surface area contributed by atoms with Gasteiger partial charge in [-0.15, -0.1) is 11.3 Å². The number of nitrogens with zero attached hydrogens (tertiary/aromatic N) is 1. The lowest BCUT2D eigenvalue weighted by atomic mass is 10.1. The van der Waals surface area contributed by atoms with Crippen LogP contribution in [0.5, 0.6) is 0 Å². The van der Waals surface area contributed by atoms with E-state index < -0.39 is 0 Å². The molecule has 1 saturated carbocycles. The summed E-state index contributed by atoms with van der Waals surface area (Å²) in [6.07, 6.45) is 3.22. The van der Waals surface area contributed by atoms with Crippen molar-refractivity contribution in [1.29, 1.82) is 0 Å². The molecule has 1 N–H and O–H groups in total. The van der Waals surface area contributed by atoms with Gasteiger partial charge >= 0.3 is 0 Å². The van der Waals surface area contributed by atoms with Gasteiger partial charge in [0.25, 0.3) is 0 Å². The molecule has 12 heavy (non-hydrogen) atoms. The summed E-state index contributed by atoms with van der Waals surface area (Å²) in [6.45, 7) is 2.38. The third-order valence-electron chi connectivity index (χ3n) is 2.52. The zero-order valence-electron chi connectivity index (χ0n) is 7.21. The predicted molar refractivity (Wildman–Crippen MR) is 49.5 cm³/mol. The molecule has 1 aliphatic carbocycles. The van der Waals surface area contributed by atoms with Crippen LogP contribution in [0.1, 0.15) is 30.5 Å². The minimum Gasteiger partial charge on any atom is -0.395 e. The van der Waals surface area contributed by atoms with Crippen LogP contribution in [0.4, 0.5) is 0 Å². The SMILES string of the molecule is CCc1csc(C2(CO)CC2)n1. The van der Waals surface area contributed by atoms with Crippen LogP contribution >= 0.6 is 11.3 Å². The molecule has 1 fully saturated rings. The summed E-state index contributed by atoms with van der Waals surface area (Å²) in [6, 6.07) is 0. The zero-order chi connectivity index (χ0) is 8.60. The van der Waals surface area contributed by atoms with E-state index in [1.165, 1.54) is 0 Å². The molecule has 0 spiro atoms. The first-order valence-corrected chi connectivity index (χ1v) is 5.24. The van der Waals surface area contributed by atoms with Gasteiger partial charge in [-0.05, 0) is 19.3 Å². The Morgan fingerprint density at radius 1 is 1.67 bits per heavy atom. The van der Waals surface area contributed by atoms with E-state index in [9.17, 15) is 0 Å². The van der Waals surface area contributed by atoms with Crippen LogP contribution in [0, 0.1) is 0 Å². The molecule has 0 radical (unpaired) electrons. The fourth-order valence-electron chi connectivity index (χ4n) is 1.30. The van der Waals surface area contributed by atoms with E-state index in [0.717, 1.165) is 30.0 Å². The van der Waals surface area contributed by atoms with Crippen LogP contribution in [0.25, 0.3) is 0 Å². The Morgan fingerprint density at radius 2 is 2.42 bits per heavy atom. The van der Waals surface area contributed by atoms with Gasteiger partial charge in [0.2, 0.25) is 0 Å². The highest BCUT2D eigenvalue weighted by atomic mass is 32.1. The molecule has 0 amide bonds. The molecular weight excluding hydrogens is 170 g/mol. The normalized spacial score (nSPS) is 19.5. The van der Waals surface area contributed by atoms with Crippen molar-refractivity contribution in [1.82, 2.24) is 4.98 Å². The van der Waals surface area contributed by atoms with E-state index in [1.807, 2.05) is 0 Å². The van der Waals surface area contributed by atoms with Crippen LogP contribution in [-0.2, 0) is 11.8 Å². The van der Waals surface area contributed by atoms with Gasteiger partial charge in [-0.2, -0.15) is 0 Å². The number of thiazole rings is 1. The molecule has 1 aromatic heterocycles. The van der Waals surface area contributed by atoms with Gasteiger partial charge < -0.3 is 5.11 Å². The fraction of sp³-hybridized carbons (Fsp3) is 0.667. The van der Waals surface area contributed by atoms with Gasteiger partial charge in [0, 0.05) is 10.8 Å². The van der Waals surface area contributed by atoms with Crippen molar-refractivity contribution >= 4 is 11.3 Å². The molecule has 3 heteroatoms. The minimum absolute atomic E-state index is 0.0675. The van der Waals surface area contributed by atoms with Crippen molar-refractivity contribution < 1.29 is 5.11 Å². The highest BCUT2D eigenvalue weighted by Gasteiger charge is 2.46. The van der Waals surface area contributed by atoms with E-state index in [-0.39, 0.29) is 12.0 Å². The molecule has 2 nitrogen and oxygen atoms in total. The van der Waals surface area contributed by atoms with E-state index >= 15 is 0 Å². The molecule has 0 atom stereocenters. The number of aliphatic hydroxyl groups excluding tert-OH is 1. The Bertz CT molecular complexity index is 278. The van der Waals surface area contributed by atoms with Crippen molar-refractivity contribution in [2.45, 2.75) is 31.6 Å². The lowest BCUT2D eigenvalue weighted by molar-refractivity contribution is 0.254. The highest BCUT2D eigenvalue weighted by Crippen LogP contribution is 2.48. The van der Waals surface area contributed by atoms with Crippen LogP contribution in [-0.4, -0.2) is 16.7 Å². The Balaban J connectivity index is 2.23. The molecule has 0 unspecified atom stereocenters. The second-order valence-corrected chi connectivity index (χ2v) is 4.29. The largest absolute Gasteiger partial charge is 0.395 e. The zero-order valence-corrected chi connectivity index (χ0v) is 8.02. The lowest BCUT2D eigenvalue weighted by Crippen LogP contribution is -2.11. The first-order chi connectivity index (χ1) is 5.80. The van der Waals surface area contributed by atoms with Gasteiger partial charge in [-0.25, -0.2) is 4.98 Å². The van der Waals surface area contributed by atoms with Crippen LogP contribution < -0.4 is 0 Å². The first-order valence-electron chi connectivity index (χ1n) is 4.36. The number of rotatable bonds is 3. The average Bonchev–Trinajstić information content (AvgIpc) is 2.77. The van der Waals surface area contributed by atoms with Crippen LogP contribution in [0.2, 0.25) is 0 Å². The van der Waals surface area contributed by atoms with Crippen LogP contribution in [0.3, 0.4) is 0 Å². The first kappa shape index (κ1) is 8.20. The van der Waals surface area contributed by atoms with E-state index in [0.29, 0.717) is 0 Å². The Morgan fingerprint density at radius 3 is 2.83 bits per heavy atom. The summed E-state index contributed by atoms with van der Waals surface area (Å²) in [7, 11) is 0. The summed E-state index contributed by atoms with van der Waals surface area (Å²) in [5.41, 5.74) is 1.23. The summed E-state index contributed by atoms with van der Waals surface area (Å²) in [5.74, 6) is 0. The molecule has 0 saturated heterocycles. The second kappa shape index (κ2) is 2.82. The summed E-state index contributed by atoms with van der Waals surface area (Å²) in [4.78, 5) is 4.49. The number of aliphatic hydroxyl groups is 1. The maximum atomic E-state index is 9.16. The smallest absolute Gasteiger partial charge is 0.101 e. The molecule has 0 bridgehead atoms. The predicted octanol–water partition coefficient (Wildman–Crippen LogP) is 1.73. The van der Waals surface area contributed by atoms with Crippen LogP contribution in [0.15, 0.2) is 5.38 Å². The van der Waals surface area contributed by atoms with E-state index in [4.69, 9.17) is 5.11 Å². The Kier molecular flexibility index (Phi) is 1.93. The van der Waals surface area contributed by atoms with Gasteiger partial charge in [0.15, 0.2) is 0 Å². The summed E-state index contributed by atoms with van der Waals surface area (Å²) in [5, 5.41) is 12.4. The standard InChI is InChI=1S/C9H13NOS/c1-2-7-5-12-8(10-7)9(6-11)3-4-9/h5,11H,2-4,6H2,1H3. The number of hydrogen-bond acceptors (Lipinski definition) is 3. The fourth-order valence-corrected chi connectivity index (χ4v) is 2.46. The average molecular weight is 183 g/mol. The van der Waals surface area contributed by atoms with Crippen molar-refractivity contribution in [2.24, 2.45) is 0 Å². The summed E-state index contributed by atoms with van der Waals surface area (Å²) >= 11 is 1.70. The highest BCUT2D eigenvalue weighted by molar-refractivity contribution is 7.09. The van der Waals surface area contributed by atoms with Crippen molar-refractivity contribution in [3.8, 4) is 0 Å². The van der Waals surface area contributed by atoms with Gasteiger partial charge in [0.05, 0.1) is 12.3 Å². The van der Waals surface area contributed by atoms with Crippen molar-refractivity contribution in [2.75, 3.05) is 6.61 Å². The third kappa shape index (κ3) is 1.17. The van der Waals surface area contributed by atoms with Crippen molar-refractivity contribution in [3.63, 3.8) is 0 Å². The molecule has 1 heterocycles. The molecule has 1 aliphatic rings. The molecule has 1 aromatic rings. The Hall–Kier alpha value is -0.410. The Labute approximate surface area is 76.3 Å². The van der Waals surface area contributed by atoms with E-state index in [2.05, 4.69) is 17.3 Å². The van der Waals surface area contributed by atoms with Gasteiger partial charge in [0.1, 0.15) is 5.01 Å². The molecule has 0 aromatic carbocycles. The topological polar surface area (TPSA) is 33.1 Å². The third-order valence-corrected chi connectivity index (χ3v) is 3.66. The second-order valence-electron chi connectivity index (χ2n) is 3.44. The van der Waals surface area contributed by atoms with Gasteiger partial charge in [-0.3, -0.25) is 0 Å². The quantitative estimate of drug-likeness (QED) is 0.774. The lowest BCUT2D eigenvalue weighted by Gasteiger charge is -2.05. The number of aromatic nitrogens is 1. The van der Waals surface area contributed by atoms with E-state index in [1.54, 1.807) is 11.3 Å². The maximum absolute atomic E-state index is 9.16. The minimum atomic E-state index is 0.0675. The van der Waals surface area contributed by atoms with Gasteiger partial charge in [-0.1, -0.05) is 6.92 Å². The molecule has 2 rings (SSSR count). The number of aryl methyl sites for hydroxylation is 1. The molecular formula is C9H13NOS. The summed E-state index contributed by atoms with van der Waals surface area (Å²) < 4.78 is 0. The number of hydrogen-bond donors (Lipinski definition) is 1.